The molecule has 110 valence electrons. The molecule has 2 amide bonds. The van der Waals surface area contributed by atoms with Crippen LogP contribution in [0.1, 0.15) is 6.92 Å². The Balaban J connectivity index is 1.87. The molecule has 6 heteroatoms. The number of hydrogen-bond donors (Lipinski definition) is 2. The van der Waals surface area contributed by atoms with Gasteiger partial charge in [0.1, 0.15) is 5.75 Å². The molecule has 0 saturated carbocycles. The third kappa shape index (κ3) is 4.95. The molecular weight excluding hydrogens is 356 g/mol. The summed E-state index contributed by atoms with van der Waals surface area (Å²) in [5.41, 5.74) is 0.689. The molecule has 1 unspecified atom stereocenters. The summed E-state index contributed by atoms with van der Waals surface area (Å²) in [5.74, 6) is 0.632. The number of nitrogens with one attached hydrogen (secondary N) is 2. The van der Waals surface area contributed by atoms with Crippen molar-refractivity contribution in [3.05, 3.63) is 58.0 Å². The van der Waals surface area contributed by atoms with Crippen LogP contribution in [0.15, 0.2) is 53.0 Å². The summed E-state index contributed by atoms with van der Waals surface area (Å²) in [6.45, 7) is 1.74. The van der Waals surface area contributed by atoms with Crippen LogP contribution < -0.4 is 15.4 Å². The molecule has 2 N–H and O–H groups in total. The van der Waals surface area contributed by atoms with Gasteiger partial charge in [0.2, 0.25) is 0 Å². The van der Waals surface area contributed by atoms with E-state index in [2.05, 4.69) is 26.6 Å². The molecule has 2 aromatic carbocycles. The Bertz CT molecular complexity index is 619. The maximum atomic E-state index is 11.9. The summed E-state index contributed by atoms with van der Waals surface area (Å²) >= 11 is 9.16. The molecule has 0 spiro atoms. The van der Waals surface area contributed by atoms with Crippen LogP contribution in [0.25, 0.3) is 0 Å². The van der Waals surface area contributed by atoms with Crippen molar-refractivity contribution in [1.82, 2.24) is 5.32 Å². The van der Waals surface area contributed by atoms with E-state index in [9.17, 15) is 4.79 Å². The number of carbonyl (C=O) groups is 1. The zero-order valence-corrected chi connectivity index (χ0v) is 13.6. The average molecular weight is 370 g/mol. The number of carbonyl (C=O) groups excluding carboxylic acids is 1. The van der Waals surface area contributed by atoms with Crippen LogP contribution in [-0.4, -0.2) is 12.3 Å². The van der Waals surface area contributed by atoms with Gasteiger partial charge in [0.25, 0.3) is 0 Å². The third-order valence-electron chi connectivity index (χ3n) is 2.58. The molecule has 4 nitrogen and oxygen atoms in total. The van der Waals surface area contributed by atoms with E-state index in [1.807, 2.05) is 18.2 Å². The largest absolute Gasteiger partial charge is 0.471 e. The zero-order valence-electron chi connectivity index (χ0n) is 11.3. The van der Waals surface area contributed by atoms with Crippen molar-refractivity contribution in [3.63, 3.8) is 0 Å². The topological polar surface area (TPSA) is 50.4 Å². The van der Waals surface area contributed by atoms with Gasteiger partial charge in [0.15, 0.2) is 6.23 Å². The molecule has 0 aliphatic carbocycles. The highest BCUT2D eigenvalue weighted by Crippen LogP contribution is 2.21. The maximum Gasteiger partial charge on any atom is 0.322 e. The Morgan fingerprint density at radius 3 is 2.52 bits per heavy atom. The number of para-hydroxylation sites is 1. The van der Waals surface area contributed by atoms with Crippen LogP contribution in [0, 0.1) is 0 Å². The van der Waals surface area contributed by atoms with E-state index in [0.29, 0.717) is 16.5 Å². The number of benzene rings is 2. The molecule has 2 rings (SSSR count). The minimum atomic E-state index is -0.478. The van der Waals surface area contributed by atoms with Gasteiger partial charge < -0.3 is 15.4 Å². The lowest BCUT2D eigenvalue weighted by molar-refractivity contribution is 0.183. The second kappa shape index (κ2) is 7.33. The first-order chi connectivity index (χ1) is 10.0. The summed E-state index contributed by atoms with van der Waals surface area (Å²) in [4.78, 5) is 11.9. The normalized spacial score (nSPS) is 11.6. The molecule has 0 bridgehead atoms. The first-order valence-electron chi connectivity index (χ1n) is 6.29. The van der Waals surface area contributed by atoms with Gasteiger partial charge in [-0.2, -0.15) is 0 Å². The van der Waals surface area contributed by atoms with Crippen molar-refractivity contribution in [3.8, 4) is 5.75 Å². The van der Waals surface area contributed by atoms with Crippen molar-refractivity contribution in [1.29, 1.82) is 0 Å². The van der Waals surface area contributed by atoms with E-state index in [4.69, 9.17) is 16.3 Å². The van der Waals surface area contributed by atoms with Crippen molar-refractivity contribution in [2.75, 3.05) is 5.32 Å². The SMILES string of the molecule is CC(NC(=O)Nc1ccccc1Br)Oc1ccc(Cl)cc1. The van der Waals surface area contributed by atoms with Crippen molar-refractivity contribution in [2.45, 2.75) is 13.2 Å². The summed E-state index contributed by atoms with van der Waals surface area (Å²) in [5, 5.41) is 6.06. The third-order valence-corrected chi connectivity index (χ3v) is 3.53. The van der Waals surface area contributed by atoms with E-state index in [1.165, 1.54) is 0 Å². The number of urea groups is 1. The van der Waals surface area contributed by atoms with Crippen molar-refractivity contribution in [2.24, 2.45) is 0 Å². The van der Waals surface area contributed by atoms with Gasteiger partial charge in [-0.1, -0.05) is 23.7 Å². The van der Waals surface area contributed by atoms with Gasteiger partial charge in [-0.25, -0.2) is 4.79 Å². The zero-order chi connectivity index (χ0) is 15.2. The Labute approximate surface area is 136 Å². The highest BCUT2D eigenvalue weighted by molar-refractivity contribution is 9.10. The fraction of sp³-hybridized carbons (Fsp3) is 0.133. The van der Waals surface area contributed by atoms with Gasteiger partial charge in [0.05, 0.1) is 5.69 Å². The quantitative estimate of drug-likeness (QED) is 0.771. The molecule has 0 fully saturated rings. The van der Waals surface area contributed by atoms with Crippen LogP contribution in [0.3, 0.4) is 0 Å². The van der Waals surface area contributed by atoms with Gasteiger partial charge in [-0.05, 0) is 59.3 Å². The van der Waals surface area contributed by atoms with Crippen LogP contribution in [0.4, 0.5) is 10.5 Å². The minimum absolute atomic E-state index is 0.344. The van der Waals surface area contributed by atoms with Crippen molar-refractivity contribution >= 4 is 39.2 Å². The monoisotopic (exact) mass is 368 g/mol. The van der Waals surface area contributed by atoms with Crippen LogP contribution in [0.2, 0.25) is 5.02 Å². The molecule has 21 heavy (non-hydrogen) atoms. The highest BCUT2D eigenvalue weighted by Gasteiger charge is 2.09. The summed E-state index contributed by atoms with van der Waals surface area (Å²) in [6, 6.07) is 14.0. The van der Waals surface area contributed by atoms with Crippen LogP contribution in [0.5, 0.6) is 5.75 Å². The molecule has 0 saturated heterocycles. The summed E-state index contributed by atoms with van der Waals surface area (Å²) < 4.78 is 6.38. The molecule has 0 radical (unpaired) electrons. The number of ether oxygens (including phenoxy) is 1. The van der Waals surface area contributed by atoms with E-state index in [1.54, 1.807) is 37.3 Å². The van der Waals surface area contributed by atoms with Crippen molar-refractivity contribution < 1.29 is 9.53 Å². The lowest BCUT2D eigenvalue weighted by Gasteiger charge is -2.17. The number of anilines is 1. The smallest absolute Gasteiger partial charge is 0.322 e. The molecule has 2 aromatic rings. The molecular formula is C15H14BrClN2O2. The lowest BCUT2D eigenvalue weighted by atomic mass is 10.3. The fourth-order valence-corrected chi connectivity index (χ4v) is 2.16. The van der Waals surface area contributed by atoms with Crippen LogP contribution in [-0.2, 0) is 0 Å². The second-order valence-corrected chi connectivity index (χ2v) is 5.58. The molecule has 0 aliphatic heterocycles. The Kier molecular flexibility index (Phi) is 5.47. The Hall–Kier alpha value is -1.72. The van der Waals surface area contributed by atoms with Gasteiger partial charge in [-0.3, -0.25) is 0 Å². The molecule has 0 aromatic heterocycles. The molecule has 0 aliphatic rings. The van der Waals surface area contributed by atoms with E-state index >= 15 is 0 Å². The number of halogens is 2. The Morgan fingerprint density at radius 2 is 1.86 bits per heavy atom. The van der Waals surface area contributed by atoms with E-state index in [0.717, 1.165) is 4.47 Å². The summed E-state index contributed by atoms with van der Waals surface area (Å²) in [6.07, 6.45) is -0.478. The first-order valence-corrected chi connectivity index (χ1v) is 7.46. The van der Waals surface area contributed by atoms with Gasteiger partial charge in [0, 0.05) is 9.50 Å². The standard InChI is InChI=1S/C15H14BrClN2O2/c1-10(21-12-8-6-11(17)7-9-12)18-15(20)19-14-5-3-2-4-13(14)16/h2-10H,1H3,(H2,18,19,20). The van der Waals surface area contributed by atoms with Gasteiger partial charge in [-0.15, -0.1) is 0 Å². The van der Waals surface area contributed by atoms with E-state index in [-0.39, 0.29) is 6.03 Å². The second-order valence-electron chi connectivity index (χ2n) is 4.29. The predicted molar refractivity (Wildman–Crippen MR) is 87.8 cm³/mol. The average Bonchev–Trinajstić information content (AvgIpc) is 2.44. The minimum Gasteiger partial charge on any atom is -0.471 e. The number of amides is 2. The fourth-order valence-electron chi connectivity index (χ4n) is 1.65. The first kappa shape index (κ1) is 15.7. The molecule has 0 heterocycles. The van der Waals surface area contributed by atoms with Gasteiger partial charge >= 0.3 is 6.03 Å². The van der Waals surface area contributed by atoms with E-state index < -0.39 is 6.23 Å². The summed E-state index contributed by atoms with van der Waals surface area (Å²) in [7, 11) is 0. The number of hydrogen-bond acceptors (Lipinski definition) is 2. The number of rotatable bonds is 4. The highest BCUT2D eigenvalue weighted by atomic mass is 79.9. The predicted octanol–water partition coefficient (Wildman–Crippen LogP) is 4.65. The molecule has 1 atom stereocenters. The Morgan fingerprint density at radius 1 is 1.19 bits per heavy atom. The lowest BCUT2D eigenvalue weighted by Crippen LogP contribution is -2.39. The maximum absolute atomic E-state index is 11.9. The van der Waals surface area contributed by atoms with Crippen LogP contribution >= 0.6 is 27.5 Å².